The molecule has 1 aliphatic rings. The second-order valence-electron chi connectivity index (χ2n) is 6.52. The number of benzene rings is 2. The maximum Gasteiger partial charge on any atom is 0.203 e. The fourth-order valence-electron chi connectivity index (χ4n) is 3.67. The summed E-state index contributed by atoms with van der Waals surface area (Å²) in [6, 6.07) is 12.6. The van der Waals surface area contributed by atoms with Crippen molar-refractivity contribution in [2.75, 3.05) is 47.5 Å². The Morgan fingerprint density at radius 3 is 2.30 bits per heavy atom. The van der Waals surface area contributed by atoms with Crippen LogP contribution >= 0.6 is 15.9 Å². The number of ether oxygens (including phenoxy) is 3. The second-order valence-corrected chi connectivity index (χ2v) is 7.38. The molecule has 6 heteroatoms. The number of hydrogen-bond acceptors (Lipinski definition) is 5. The Bertz CT molecular complexity index is 736. The molecule has 1 aliphatic heterocycles. The Labute approximate surface area is 169 Å². The molecule has 0 aromatic heterocycles. The van der Waals surface area contributed by atoms with Crippen molar-refractivity contribution in [1.82, 2.24) is 10.2 Å². The summed E-state index contributed by atoms with van der Waals surface area (Å²) < 4.78 is 17.8. The van der Waals surface area contributed by atoms with E-state index in [1.165, 1.54) is 5.56 Å². The van der Waals surface area contributed by atoms with Gasteiger partial charge in [-0.25, -0.2) is 0 Å². The van der Waals surface area contributed by atoms with Gasteiger partial charge in [-0.1, -0.05) is 34.1 Å². The van der Waals surface area contributed by atoms with E-state index in [0.717, 1.165) is 42.6 Å². The molecule has 1 unspecified atom stereocenters. The van der Waals surface area contributed by atoms with Crippen LogP contribution in [0.4, 0.5) is 0 Å². The van der Waals surface area contributed by atoms with Crippen molar-refractivity contribution in [3.8, 4) is 17.2 Å². The number of nitrogens with one attached hydrogen (secondary N) is 1. The lowest BCUT2D eigenvalue weighted by molar-refractivity contribution is 0.239. The van der Waals surface area contributed by atoms with Gasteiger partial charge in [-0.2, -0.15) is 0 Å². The molecule has 5 nitrogen and oxygen atoms in total. The molecule has 1 fully saturated rings. The minimum atomic E-state index is 0.0918. The molecule has 1 saturated heterocycles. The van der Waals surface area contributed by atoms with Crippen LogP contribution in [0, 0.1) is 0 Å². The van der Waals surface area contributed by atoms with Crippen LogP contribution in [0.25, 0.3) is 0 Å². The molecular weight excluding hydrogens is 408 g/mol. The number of nitrogens with zero attached hydrogens (tertiary/aromatic N) is 1. The highest BCUT2D eigenvalue weighted by Crippen LogP contribution is 2.43. The molecule has 2 aromatic carbocycles. The molecule has 0 aliphatic carbocycles. The van der Waals surface area contributed by atoms with E-state index in [4.69, 9.17) is 14.2 Å². The minimum Gasteiger partial charge on any atom is -0.493 e. The minimum absolute atomic E-state index is 0.0918. The molecule has 0 radical (unpaired) electrons. The summed E-state index contributed by atoms with van der Waals surface area (Å²) in [5, 5.41) is 3.49. The Balaban J connectivity index is 2.14. The second kappa shape index (κ2) is 9.44. The van der Waals surface area contributed by atoms with Gasteiger partial charge in [-0.3, -0.25) is 4.90 Å². The van der Waals surface area contributed by atoms with Crippen LogP contribution in [0.1, 0.15) is 23.6 Å². The lowest BCUT2D eigenvalue weighted by Gasteiger charge is -2.32. The van der Waals surface area contributed by atoms with E-state index in [1.807, 2.05) is 6.07 Å². The van der Waals surface area contributed by atoms with Gasteiger partial charge in [0.1, 0.15) is 0 Å². The Hall–Kier alpha value is -1.76. The summed E-state index contributed by atoms with van der Waals surface area (Å²) in [6.45, 7) is 4.03. The predicted molar refractivity (Wildman–Crippen MR) is 111 cm³/mol. The average Bonchev–Trinajstić information content (AvgIpc) is 2.98. The Morgan fingerprint density at radius 2 is 1.67 bits per heavy atom. The van der Waals surface area contributed by atoms with Crippen molar-refractivity contribution in [2.24, 2.45) is 0 Å². The van der Waals surface area contributed by atoms with Crippen molar-refractivity contribution < 1.29 is 14.2 Å². The van der Waals surface area contributed by atoms with Gasteiger partial charge < -0.3 is 19.5 Å². The lowest BCUT2D eigenvalue weighted by atomic mass is 9.96. The molecule has 0 amide bonds. The van der Waals surface area contributed by atoms with Crippen LogP contribution < -0.4 is 19.5 Å². The van der Waals surface area contributed by atoms with E-state index in [1.54, 1.807) is 21.3 Å². The summed E-state index contributed by atoms with van der Waals surface area (Å²) in [5.41, 5.74) is 2.35. The average molecular weight is 435 g/mol. The highest BCUT2D eigenvalue weighted by atomic mass is 79.9. The molecule has 0 saturated carbocycles. The van der Waals surface area contributed by atoms with Gasteiger partial charge in [-0.05, 0) is 42.3 Å². The molecule has 146 valence electrons. The Kier molecular flexibility index (Phi) is 6.99. The third-order valence-corrected chi connectivity index (χ3v) is 5.66. The molecule has 27 heavy (non-hydrogen) atoms. The first-order chi connectivity index (χ1) is 13.2. The third kappa shape index (κ3) is 4.39. The lowest BCUT2D eigenvalue weighted by Crippen LogP contribution is -2.33. The maximum atomic E-state index is 5.60. The largest absolute Gasteiger partial charge is 0.493 e. The number of rotatable bonds is 6. The molecule has 0 bridgehead atoms. The van der Waals surface area contributed by atoms with Gasteiger partial charge in [-0.15, -0.1) is 0 Å². The first kappa shape index (κ1) is 20.0. The summed E-state index contributed by atoms with van der Waals surface area (Å²) >= 11 is 3.75. The number of hydrogen-bond donors (Lipinski definition) is 1. The Morgan fingerprint density at radius 1 is 0.963 bits per heavy atom. The zero-order valence-corrected chi connectivity index (χ0v) is 17.7. The van der Waals surface area contributed by atoms with Crippen molar-refractivity contribution in [1.29, 1.82) is 0 Å². The van der Waals surface area contributed by atoms with Crippen LogP contribution in [0.3, 0.4) is 0 Å². The van der Waals surface area contributed by atoms with Crippen LogP contribution in [-0.4, -0.2) is 52.4 Å². The topological polar surface area (TPSA) is 43.0 Å². The van der Waals surface area contributed by atoms with E-state index < -0.39 is 0 Å². The van der Waals surface area contributed by atoms with E-state index in [2.05, 4.69) is 56.5 Å². The molecule has 1 atom stereocenters. The molecule has 1 N–H and O–H groups in total. The molecule has 0 spiro atoms. The quantitative estimate of drug-likeness (QED) is 0.747. The first-order valence-electron chi connectivity index (χ1n) is 9.18. The highest BCUT2D eigenvalue weighted by molar-refractivity contribution is 9.10. The smallest absolute Gasteiger partial charge is 0.203 e. The van der Waals surface area contributed by atoms with E-state index in [9.17, 15) is 0 Å². The summed E-state index contributed by atoms with van der Waals surface area (Å²) in [4.78, 5) is 2.51. The summed E-state index contributed by atoms with van der Waals surface area (Å²) in [6.07, 6.45) is 1.12. The van der Waals surface area contributed by atoms with Crippen molar-refractivity contribution in [3.05, 3.63) is 52.0 Å². The number of methoxy groups -OCH3 is 3. The molecule has 2 aromatic rings. The van der Waals surface area contributed by atoms with E-state index in [-0.39, 0.29) is 6.04 Å². The van der Waals surface area contributed by atoms with Crippen molar-refractivity contribution in [3.63, 3.8) is 0 Å². The molecular formula is C21H27BrN2O3. The van der Waals surface area contributed by atoms with E-state index in [0.29, 0.717) is 17.2 Å². The monoisotopic (exact) mass is 434 g/mol. The van der Waals surface area contributed by atoms with Gasteiger partial charge in [0, 0.05) is 24.1 Å². The van der Waals surface area contributed by atoms with Crippen LogP contribution in [0.5, 0.6) is 17.2 Å². The van der Waals surface area contributed by atoms with Crippen LogP contribution in [-0.2, 0) is 0 Å². The summed E-state index contributed by atoms with van der Waals surface area (Å²) in [5.74, 6) is 1.97. The zero-order valence-electron chi connectivity index (χ0n) is 16.1. The zero-order chi connectivity index (χ0) is 19.2. The number of halogens is 1. The normalized spacial score (nSPS) is 16.4. The predicted octanol–water partition coefficient (Wildman–Crippen LogP) is 3.86. The fourth-order valence-corrected chi connectivity index (χ4v) is 4.17. The third-order valence-electron chi connectivity index (χ3n) is 4.94. The van der Waals surface area contributed by atoms with Gasteiger partial charge in [0.05, 0.1) is 27.4 Å². The van der Waals surface area contributed by atoms with Crippen molar-refractivity contribution in [2.45, 2.75) is 12.5 Å². The fraction of sp³-hybridized carbons (Fsp3) is 0.429. The standard InChI is InChI=1S/C21H27BrN2O3/c1-25-18-13-15(14-19(26-2)21(18)27-3)20(16-7-4-5-8-17(16)22)24-11-6-9-23-10-12-24/h4-5,7-8,13-14,20,23H,6,9-12H2,1-3H3. The van der Waals surface area contributed by atoms with Gasteiger partial charge >= 0.3 is 0 Å². The SMILES string of the molecule is COc1cc(C(c2ccccc2Br)N2CCCNCC2)cc(OC)c1OC. The highest BCUT2D eigenvalue weighted by Gasteiger charge is 2.27. The van der Waals surface area contributed by atoms with Gasteiger partial charge in [0.25, 0.3) is 0 Å². The van der Waals surface area contributed by atoms with Crippen LogP contribution in [0.15, 0.2) is 40.9 Å². The first-order valence-corrected chi connectivity index (χ1v) is 9.98. The molecule has 3 rings (SSSR count). The van der Waals surface area contributed by atoms with Crippen LogP contribution in [0.2, 0.25) is 0 Å². The van der Waals surface area contributed by atoms with Crippen molar-refractivity contribution >= 4 is 15.9 Å². The maximum absolute atomic E-state index is 5.60. The summed E-state index contributed by atoms with van der Waals surface area (Å²) in [7, 11) is 4.94. The van der Waals surface area contributed by atoms with Gasteiger partial charge in [0.15, 0.2) is 11.5 Å². The van der Waals surface area contributed by atoms with E-state index >= 15 is 0 Å². The molecule has 1 heterocycles. The van der Waals surface area contributed by atoms with Gasteiger partial charge in [0.2, 0.25) is 5.75 Å².